The first kappa shape index (κ1) is 14.2. The van der Waals surface area contributed by atoms with Crippen LogP contribution in [0.1, 0.15) is 5.56 Å². The molecule has 106 valence electrons. The molecule has 0 saturated heterocycles. The van der Waals surface area contributed by atoms with E-state index >= 15 is 0 Å². The van der Waals surface area contributed by atoms with Crippen LogP contribution in [0.3, 0.4) is 0 Å². The highest BCUT2D eigenvalue weighted by Gasteiger charge is 2.08. The lowest BCUT2D eigenvalue weighted by Gasteiger charge is -2.09. The molecule has 4 nitrogen and oxygen atoms in total. The second-order valence-electron chi connectivity index (χ2n) is 4.63. The number of benzene rings is 1. The zero-order valence-corrected chi connectivity index (χ0v) is 13.0. The third kappa shape index (κ3) is 2.69. The Balaban J connectivity index is 2.17. The molecule has 3 aromatic rings. The maximum atomic E-state index is 12.3. The fourth-order valence-electron chi connectivity index (χ4n) is 2.11. The van der Waals surface area contributed by atoms with Crippen molar-refractivity contribution in [3.8, 4) is 23.0 Å². The van der Waals surface area contributed by atoms with Crippen molar-refractivity contribution >= 4 is 15.9 Å². The molecule has 22 heavy (non-hydrogen) atoms. The topological polar surface area (TPSA) is 58.7 Å². The number of rotatable bonds is 2. The van der Waals surface area contributed by atoms with Gasteiger partial charge in [-0.1, -0.05) is 6.07 Å². The largest absolute Gasteiger partial charge is 0.283 e. The standard InChI is InChI=1S/C17H10BrN3O/c18-15-9-13(16-3-1-2-8-20-16)11-21(17(15)22)14-6-4-12(10-19)5-7-14/h1-9,11H. The van der Waals surface area contributed by atoms with Crippen molar-refractivity contribution in [2.75, 3.05) is 0 Å². The predicted molar refractivity (Wildman–Crippen MR) is 87.7 cm³/mol. The van der Waals surface area contributed by atoms with Gasteiger partial charge in [-0.15, -0.1) is 0 Å². The van der Waals surface area contributed by atoms with Crippen LogP contribution < -0.4 is 5.56 Å². The zero-order valence-electron chi connectivity index (χ0n) is 11.4. The summed E-state index contributed by atoms with van der Waals surface area (Å²) < 4.78 is 2.00. The van der Waals surface area contributed by atoms with Crippen molar-refractivity contribution in [3.05, 3.63) is 81.3 Å². The third-order valence-corrected chi connectivity index (χ3v) is 3.78. The van der Waals surface area contributed by atoms with Gasteiger partial charge in [-0.05, 0) is 58.4 Å². The van der Waals surface area contributed by atoms with E-state index in [1.54, 1.807) is 42.7 Å². The number of aromatic nitrogens is 2. The monoisotopic (exact) mass is 351 g/mol. The maximum absolute atomic E-state index is 12.3. The normalized spacial score (nSPS) is 10.2. The fraction of sp³-hybridized carbons (Fsp3) is 0. The van der Waals surface area contributed by atoms with Crippen LogP contribution in [0.2, 0.25) is 0 Å². The Morgan fingerprint density at radius 1 is 1.14 bits per heavy atom. The summed E-state index contributed by atoms with van der Waals surface area (Å²) in [6.45, 7) is 0. The third-order valence-electron chi connectivity index (χ3n) is 3.21. The molecule has 0 N–H and O–H groups in total. The van der Waals surface area contributed by atoms with E-state index in [1.165, 1.54) is 4.57 Å². The lowest BCUT2D eigenvalue weighted by molar-refractivity contribution is 0.980. The van der Waals surface area contributed by atoms with Gasteiger partial charge in [-0.2, -0.15) is 5.26 Å². The molecule has 0 fully saturated rings. The first-order valence-electron chi connectivity index (χ1n) is 6.53. The molecular formula is C17H10BrN3O. The summed E-state index contributed by atoms with van der Waals surface area (Å²) >= 11 is 3.31. The van der Waals surface area contributed by atoms with Crippen molar-refractivity contribution < 1.29 is 0 Å². The van der Waals surface area contributed by atoms with Crippen LogP contribution in [-0.2, 0) is 0 Å². The zero-order chi connectivity index (χ0) is 15.5. The lowest BCUT2D eigenvalue weighted by atomic mass is 10.1. The van der Waals surface area contributed by atoms with Crippen molar-refractivity contribution in [1.82, 2.24) is 9.55 Å². The Bertz CT molecular complexity index is 909. The van der Waals surface area contributed by atoms with Gasteiger partial charge >= 0.3 is 0 Å². The smallest absolute Gasteiger partial charge is 0.269 e. The first-order chi connectivity index (χ1) is 10.7. The Morgan fingerprint density at radius 3 is 2.55 bits per heavy atom. The van der Waals surface area contributed by atoms with Crippen LogP contribution in [0.25, 0.3) is 16.9 Å². The number of nitrogens with zero attached hydrogens (tertiary/aromatic N) is 3. The molecule has 0 bridgehead atoms. The van der Waals surface area contributed by atoms with Gasteiger partial charge in [0.15, 0.2) is 0 Å². The number of hydrogen-bond donors (Lipinski definition) is 0. The van der Waals surface area contributed by atoms with Crippen LogP contribution in [-0.4, -0.2) is 9.55 Å². The molecule has 0 amide bonds. The summed E-state index contributed by atoms with van der Waals surface area (Å²) in [4.78, 5) is 16.6. The van der Waals surface area contributed by atoms with Crippen LogP contribution in [0.4, 0.5) is 0 Å². The van der Waals surface area contributed by atoms with Crippen molar-refractivity contribution in [2.45, 2.75) is 0 Å². The van der Waals surface area contributed by atoms with Gasteiger partial charge < -0.3 is 0 Å². The van der Waals surface area contributed by atoms with E-state index in [4.69, 9.17) is 5.26 Å². The molecule has 0 unspecified atom stereocenters. The number of hydrogen-bond acceptors (Lipinski definition) is 3. The van der Waals surface area contributed by atoms with Crippen LogP contribution >= 0.6 is 15.9 Å². The summed E-state index contributed by atoms with van der Waals surface area (Å²) in [6, 6.07) is 16.3. The van der Waals surface area contributed by atoms with Gasteiger partial charge in [0.2, 0.25) is 0 Å². The highest BCUT2D eigenvalue weighted by molar-refractivity contribution is 9.10. The highest BCUT2D eigenvalue weighted by atomic mass is 79.9. The van der Waals surface area contributed by atoms with Gasteiger partial charge in [-0.25, -0.2) is 0 Å². The summed E-state index contributed by atoms with van der Waals surface area (Å²) in [5.41, 5.74) is 2.70. The van der Waals surface area contributed by atoms with Crippen LogP contribution in [0.5, 0.6) is 0 Å². The highest BCUT2D eigenvalue weighted by Crippen LogP contribution is 2.20. The molecule has 0 radical (unpaired) electrons. The van der Waals surface area contributed by atoms with Gasteiger partial charge in [0.05, 0.1) is 21.8 Å². The van der Waals surface area contributed by atoms with Gasteiger partial charge in [0.25, 0.3) is 5.56 Å². The average molecular weight is 352 g/mol. The molecule has 5 heteroatoms. The number of halogens is 1. The SMILES string of the molecule is N#Cc1ccc(-n2cc(-c3ccccn3)cc(Br)c2=O)cc1. The average Bonchev–Trinajstić information content (AvgIpc) is 2.58. The first-order valence-corrected chi connectivity index (χ1v) is 7.32. The van der Waals surface area contributed by atoms with E-state index in [1.807, 2.05) is 18.2 Å². The molecule has 0 atom stereocenters. The summed E-state index contributed by atoms with van der Waals surface area (Å²) in [6.07, 6.45) is 3.46. The van der Waals surface area contributed by atoms with E-state index < -0.39 is 0 Å². The molecule has 1 aromatic carbocycles. The lowest BCUT2D eigenvalue weighted by Crippen LogP contribution is -2.18. The quantitative estimate of drug-likeness (QED) is 0.709. The Morgan fingerprint density at radius 2 is 1.91 bits per heavy atom. The Kier molecular flexibility index (Phi) is 3.86. The summed E-state index contributed by atoms with van der Waals surface area (Å²) in [5, 5.41) is 8.86. The second-order valence-corrected chi connectivity index (χ2v) is 5.48. The number of pyridine rings is 2. The van der Waals surface area contributed by atoms with Gasteiger partial charge in [0.1, 0.15) is 0 Å². The van der Waals surface area contributed by atoms with E-state index in [2.05, 4.69) is 27.0 Å². The number of nitriles is 1. The summed E-state index contributed by atoms with van der Waals surface area (Å²) in [5.74, 6) is 0. The molecule has 2 heterocycles. The Labute approximate surface area is 135 Å². The van der Waals surface area contributed by atoms with Gasteiger partial charge in [-0.3, -0.25) is 14.3 Å². The molecule has 3 rings (SSSR count). The van der Waals surface area contributed by atoms with E-state index in [9.17, 15) is 4.79 Å². The molecule has 0 spiro atoms. The minimum Gasteiger partial charge on any atom is -0.283 e. The fourth-order valence-corrected chi connectivity index (χ4v) is 2.55. The predicted octanol–water partition coefficient (Wildman–Crippen LogP) is 3.53. The molecule has 0 aliphatic heterocycles. The minimum absolute atomic E-state index is 0.163. The second kappa shape index (κ2) is 5.96. The van der Waals surface area contributed by atoms with Crippen LogP contribution in [0, 0.1) is 11.3 Å². The molecule has 0 aliphatic rings. The van der Waals surface area contributed by atoms with E-state index in [0.717, 1.165) is 11.3 Å². The summed E-state index contributed by atoms with van der Waals surface area (Å²) in [7, 11) is 0. The van der Waals surface area contributed by atoms with Gasteiger partial charge in [0, 0.05) is 23.6 Å². The Hall–Kier alpha value is -2.71. The van der Waals surface area contributed by atoms with E-state index in [-0.39, 0.29) is 5.56 Å². The minimum atomic E-state index is -0.163. The van der Waals surface area contributed by atoms with Crippen molar-refractivity contribution in [1.29, 1.82) is 5.26 Å². The molecule has 0 aliphatic carbocycles. The van der Waals surface area contributed by atoms with E-state index in [0.29, 0.717) is 15.7 Å². The van der Waals surface area contributed by atoms with Crippen LogP contribution in [0.15, 0.2) is 70.2 Å². The molecule has 2 aromatic heterocycles. The maximum Gasteiger partial charge on any atom is 0.269 e. The molecule has 0 saturated carbocycles. The molecular weight excluding hydrogens is 342 g/mol. The van der Waals surface area contributed by atoms with Crippen molar-refractivity contribution in [3.63, 3.8) is 0 Å². The van der Waals surface area contributed by atoms with Crippen molar-refractivity contribution in [2.24, 2.45) is 0 Å².